The van der Waals surface area contributed by atoms with Crippen LogP contribution in [0.25, 0.3) is 22.3 Å². The van der Waals surface area contributed by atoms with Gasteiger partial charge in [0.25, 0.3) is 0 Å². The number of guanidine groups is 1. The number of nitrogens with zero attached hydrogens (tertiary/aromatic N) is 4. The molecule has 4 rings (SSSR count). The third-order valence-electron chi connectivity index (χ3n) is 4.90. The van der Waals surface area contributed by atoms with E-state index >= 15 is 0 Å². The maximum Gasteiger partial charge on any atom is 0.417 e. The molecule has 3 aromatic rings. The van der Waals surface area contributed by atoms with Crippen molar-refractivity contribution in [2.45, 2.75) is 25.6 Å². The van der Waals surface area contributed by atoms with Crippen molar-refractivity contribution in [2.75, 3.05) is 19.0 Å². The third kappa shape index (κ3) is 4.27. The van der Waals surface area contributed by atoms with Crippen molar-refractivity contribution in [3.8, 4) is 11.4 Å². The Kier molecular flexibility index (Phi) is 5.69. The number of halogens is 3. The highest BCUT2D eigenvalue weighted by Gasteiger charge is 2.34. The van der Waals surface area contributed by atoms with Crippen molar-refractivity contribution in [3.05, 3.63) is 54.1 Å². The molecule has 1 atom stereocenters. The number of anilines is 1. The molecule has 0 spiro atoms. The van der Waals surface area contributed by atoms with Gasteiger partial charge in [0.1, 0.15) is 5.82 Å². The van der Waals surface area contributed by atoms with Gasteiger partial charge in [0.15, 0.2) is 5.82 Å². The maximum absolute atomic E-state index is 13.6. The summed E-state index contributed by atoms with van der Waals surface area (Å²) in [6.07, 6.45) is -3.77. The largest absolute Gasteiger partial charge is 0.417 e. The van der Waals surface area contributed by atoms with Gasteiger partial charge < -0.3 is 10.1 Å². The summed E-state index contributed by atoms with van der Waals surface area (Å²) in [5.74, 6) is 0.660. The Bertz CT molecular complexity index is 1170. The second-order valence-corrected chi connectivity index (χ2v) is 6.99. The van der Waals surface area contributed by atoms with Crippen LogP contribution in [0.3, 0.4) is 0 Å². The number of aromatic nitrogens is 2. The van der Waals surface area contributed by atoms with Crippen LogP contribution >= 0.6 is 0 Å². The Balaban J connectivity index is 1.81. The lowest BCUT2D eigenvalue weighted by Gasteiger charge is -2.14. The molecule has 9 heteroatoms. The number of para-hydroxylation sites is 1. The van der Waals surface area contributed by atoms with E-state index in [1.165, 1.54) is 18.2 Å². The van der Waals surface area contributed by atoms with E-state index in [9.17, 15) is 13.2 Å². The highest BCUT2D eigenvalue weighted by molar-refractivity contribution is 6.12. The maximum atomic E-state index is 13.6. The van der Waals surface area contributed by atoms with Crippen LogP contribution in [0, 0.1) is 0 Å². The van der Waals surface area contributed by atoms with Gasteiger partial charge >= 0.3 is 6.18 Å². The molecule has 6 nitrogen and oxygen atoms in total. The molecule has 0 fully saturated rings. The number of nitrogens with one attached hydrogen (secondary N) is 1. The van der Waals surface area contributed by atoms with E-state index in [1.54, 1.807) is 25.3 Å². The number of hydrogen-bond donors (Lipinski definition) is 1. The van der Waals surface area contributed by atoms with Gasteiger partial charge in [-0.3, -0.25) is 0 Å². The lowest BCUT2D eigenvalue weighted by Crippen LogP contribution is -2.19. The fourth-order valence-electron chi connectivity index (χ4n) is 3.45. The number of aliphatic imine (C=N–C) groups is 2. The number of alkyl halides is 3. The van der Waals surface area contributed by atoms with E-state index in [0.29, 0.717) is 29.3 Å². The van der Waals surface area contributed by atoms with Crippen LogP contribution in [0.1, 0.15) is 18.9 Å². The van der Waals surface area contributed by atoms with Crippen molar-refractivity contribution >= 4 is 28.4 Å². The van der Waals surface area contributed by atoms with Gasteiger partial charge in [-0.2, -0.15) is 13.2 Å². The summed E-state index contributed by atoms with van der Waals surface area (Å²) in [5, 5.41) is 3.73. The van der Waals surface area contributed by atoms with E-state index in [2.05, 4.69) is 25.3 Å². The molecule has 0 aliphatic carbocycles. The summed E-state index contributed by atoms with van der Waals surface area (Å²) in [6.45, 7) is 2.34. The van der Waals surface area contributed by atoms with Crippen molar-refractivity contribution in [1.29, 1.82) is 0 Å². The molecule has 1 N–H and O–H groups in total. The summed E-state index contributed by atoms with van der Waals surface area (Å²) >= 11 is 0. The summed E-state index contributed by atoms with van der Waals surface area (Å²) in [4.78, 5) is 17.8. The van der Waals surface area contributed by atoms with E-state index in [0.717, 1.165) is 18.2 Å². The summed E-state index contributed by atoms with van der Waals surface area (Å²) in [6, 6.07) is 12.3. The second-order valence-electron chi connectivity index (χ2n) is 6.99. The minimum Gasteiger partial charge on any atom is -0.379 e. The molecule has 1 aromatic heterocycles. The van der Waals surface area contributed by atoms with Gasteiger partial charge in [0.2, 0.25) is 5.96 Å². The zero-order chi connectivity index (χ0) is 22.0. The smallest absolute Gasteiger partial charge is 0.379 e. The topological polar surface area (TPSA) is 71.8 Å². The monoisotopic (exact) mass is 427 g/mol. The Labute approximate surface area is 176 Å². The first kappa shape index (κ1) is 20.9. The van der Waals surface area contributed by atoms with Gasteiger partial charge in [-0.25, -0.2) is 20.0 Å². The fraction of sp³-hybridized carbons (Fsp3) is 0.273. The molecule has 0 radical (unpaired) electrons. The van der Waals surface area contributed by atoms with E-state index in [-0.39, 0.29) is 17.4 Å². The number of fused-ring (bicyclic) bond motifs is 1. The second kappa shape index (κ2) is 8.43. The Morgan fingerprint density at radius 2 is 1.77 bits per heavy atom. The molecular weight excluding hydrogens is 407 g/mol. The van der Waals surface area contributed by atoms with E-state index < -0.39 is 11.7 Å². The number of methoxy groups -OCH3 is 1. The zero-order valence-corrected chi connectivity index (χ0v) is 16.9. The lowest BCUT2D eigenvalue weighted by atomic mass is 10.1. The quantitative estimate of drug-likeness (QED) is 0.625. The number of benzene rings is 2. The van der Waals surface area contributed by atoms with Crippen molar-refractivity contribution in [3.63, 3.8) is 0 Å². The molecule has 1 aliphatic rings. The molecule has 0 saturated heterocycles. The van der Waals surface area contributed by atoms with Gasteiger partial charge in [0, 0.05) is 18.1 Å². The van der Waals surface area contributed by atoms with Crippen LogP contribution in [-0.4, -0.2) is 41.4 Å². The van der Waals surface area contributed by atoms with E-state index in [4.69, 9.17) is 4.74 Å². The van der Waals surface area contributed by atoms with Crippen molar-refractivity contribution in [1.82, 2.24) is 9.97 Å². The lowest BCUT2D eigenvalue weighted by molar-refractivity contribution is -0.137. The van der Waals surface area contributed by atoms with Crippen LogP contribution in [0.4, 0.5) is 19.0 Å². The molecule has 1 aliphatic heterocycles. The van der Waals surface area contributed by atoms with Crippen LogP contribution in [0.5, 0.6) is 0 Å². The highest BCUT2D eigenvalue weighted by atomic mass is 19.4. The standard InChI is InChI=1S/C22H20F3N5O/c1-3-16-18(12-31-2)28-21(27-16)30-20-14-9-5-7-11-17(14)26-19(29-20)13-8-4-6-10-15(13)22(23,24)25/h4-11,16H,3,12H2,1-2H3,(H,26,27,29,30). The fourth-order valence-corrected chi connectivity index (χ4v) is 3.45. The summed E-state index contributed by atoms with van der Waals surface area (Å²) in [5.41, 5.74) is 0.417. The van der Waals surface area contributed by atoms with Gasteiger partial charge in [-0.05, 0) is 24.6 Å². The van der Waals surface area contributed by atoms with Crippen LogP contribution in [-0.2, 0) is 10.9 Å². The molecule has 31 heavy (non-hydrogen) atoms. The first-order chi connectivity index (χ1) is 14.9. The molecule has 0 bridgehead atoms. The Morgan fingerprint density at radius 1 is 1.03 bits per heavy atom. The van der Waals surface area contributed by atoms with Crippen molar-refractivity contribution in [2.24, 2.45) is 9.98 Å². The van der Waals surface area contributed by atoms with Crippen LogP contribution in [0.2, 0.25) is 0 Å². The summed E-state index contributed by atoms with van der Waals surface area (Å²) < 4.78 is 45.8. The molecule has 160 valence electrons. The SMILES string of the molecule is CCC1N=C(Nc2nc(-c3ccccc3C(F)(F)F)nc3ccccc23)N=C1COC. The zero-order valence-electron chi connectivity index (χ0n) is 16.9. The number of ether oxygens (including phenoxy) is 1. The molecule has 1 unspecified atom stereocenters. The van der Waals surface area contributed by atoms with Crippen LogP contribution in [0.15, 0.2) is 58.5 Å². The minimum atomic E-state index is -4.53. The molecule has 0 amide bonds. The van der Waals surface area contributed by atoms with Gasteiger partial charge in [-0.1, -0.05) is 37.3 Å². The van der Waals surface area contributed by atoms with Gasteiger partial charge in [-0.15, -0.1) is 0 Å². The molecular formula is C22H20F3N5O. The third-order valence-corrected chi connectivity index (χ3v) is 4.90. The molecule has 2 aromatic carbocycles. The number of rotatable bonds is 5. The first-order valence-electron chi connectivity index (χ1n) is 9.75. The predicted octanol–water partition coefficient (Wildman–Crippen LogP) is 4.96. The summed E-state index contributed by atoms with van der Waals surface area (Å²) in [7, 11) is 1.59. The highest BCUT2D eigenvalue weighted by Crippen LogP contribution is 2.36. The molecule has 2 heterocycles. The minimum absolute atomic E-state index is 0.0270. The molecule has 0 saturated carbocycles. The van der Waals surface area contributed by atoms with Crippen molar-refractivity contribution < 1.29 is 17.9 Å². The number of hydrogen-bond acceptors (Lipinski definition) is 6. The van der Waals surface area contributed by atoms with Gasteiger partial charge in [0.05, 0.1) is 29.4 Å². The predicted molar refractivity (Wildman–Crippen MR) is 114 cm³/mol. The Hall–Kier alpha value is -3.33. The first-order valence-corrected chi connectivity index (χ1v) is 9.75. The van der Waals surface area contributed by atoms with Crippen LogP contribution < -0.4 is 5.32 Å². The average Bonchev–Trinajstić information content (AvgIpc) is 3.14. The van der Waals surface area contributed by atoms with E-state index in [1.807, 2.05) is 13.0 Å². The Morgan fingerprint density at radius 3 is 2.52 bits per heavy atom. The normalized spacial score (nSPS) is 16.4. The average molecular weight is 427 g/mol.